The highest BCUT2D eigenvalue weighted by atomic mass is 16.5. The van der Waals surface area contributed by atoms with Crippen molar-refractivity contribution in [2.45, 2.75) is 18.9 Å². The van der Waals surface area contributed by atoms with Crippen LogP contribution in [0.15, 0.2) is 36.7 Å². The number of hydrogen-bond donors (Lipinski definition) is 2. The number of aromatic nitrogens is 2. The third kappa shape index (κ3) is 3.99. The molecule has 2 aromatic rings. The van der Waals surface area contributed by atoms with Crippen LogP contribution in [0, 0.1) is 0 Å². The predicted molar refractivity (Wildman–Crippen MR) is 89.6 cm³/mol. The van der Waals surface area contributed by atoms with E-state index in [9.17, 15) is 4.79 Å². The van der Waals surface area contributed by atoms with Crippen LogP contribution >= 0.6 is 0 Å². The van der Waals surface area contributed by atoms with Crippen LogP contribution in [0.1, 0.15) is 23.3 Å². The lowest BCUT2D eigenvalue weighted by Gasteiger charge is -2.12. The first-order valence-corrected chi connectivity index (χ1v) is 7.88. The van der Waals surface area contributed by atoms with Crippen molar-refractivity contribution in [3.8, 4) is 5.75 Å². The molecule has 0 spiro atoms. The Labute approximate surface area is 140 Å². The Hall–Kier alpha value is -2.67. The van der Waals surface area contributed by atoms with Crippen molar-refractivity contribution >= 4 is 17.4 Å². The Morgan fingerprint density at radius 1 is 1.38 bits per heavy atom. The first kappa shape index (κ1) is 16.2. The number of hydrogen-bond acceptors (Lipinski definition) is 6. The van der Waals surface area contributed by atoms with Crippen LogP contribution in [0.2, 0.25) is 0 Å². The molecule has 1 saturated heterocycles. The summed E-state index contributed by atoms with van der Waals surface area (Å²) in [5.41, 5.74) is 1.07. The summed E-state index contributed by atoms with van der Waals surface area (Å²) in [4.78, 5) is 20.4. The molecule has 0 saturated carbocycles. The van der Waals surface area contributed by atoms with Gasteiger partial charge >= 0.3 is 0 Å². The zero-order chi connectivity index (χ0) is 16.8. The van der Waals surface area contributed by atoms with E-state index in [1.807, 2.05) is 24.3 Å². The molecule has 1 aromatic carbocycles. The quantitative estimate of drug-likeness (QED) is 0.845. The van der Waals surface area contributed by atoms with Crippen LogP contribution < -0.4 is 15.4 Å². The van der Waals surface area contributed by atoms with Crippen molar-refractivity contribution in [1.82, 2.24) is 15.3 Å². The van der Waals surface area contributed by atoms with Gasteiger partial charge in [0.2, 0.25) is 0 Å². The minimum Gasteiger partial charge on any atom is -0.495 e. The monoisotopic (exact) mass is 328 g/mol. The van der Waals surface area contributed by atoms with Gasteiger partial charge in [-0.25, -0.2) is 9.97 Å². The van der Waals surface area contributed by atoms with E-state index in [4.69, 9.17) is 9.47 Å². The van der Waals surface area contributed by atoms with Gasteiger partial charge in [-0.3, -0.25) is 4.79 Å². The molecular formula is C17H20N4O3. The van der Waals surface area contributed by atoms with E-state index in [1.165, 1.54) is 6.33 Å². The zero-order valence-electron chi connectivity index (χ0n) is 13.5. The number of methoxy groups -OCH3 is 1. The molecule has 1 fully saturated rings. The first-order valence-electron chi connectivity index (χ1n) is 7.88. The topological polar surface area (TPSA) is 85.4 Å². The van der Waals surface area contributed by atoms with Gasteiger partial charge in [0.1, 0.15) is 23.6 Å². The SMILES string of the molecule is COc1ccccc1Nc1cc(C(=O)NCC2CCCO2)ncn1. The minimum atomic E-state index is -0.240. The summed E-state index contributed by atoms with van der Waals surface area (Å²) in [6.07, 6.45) is 3.48. The molecule has 2 heterocycles. The van der Waals surface area contributed by atoms with Gasteiger partial charge in [0.15, 0.2) is 0 Å². The molecule has 0 radical (unpaired) electrons. The smallest absolute Gasteiger partial charge is 0.270 e. The van der Waals surface area contributed by atoms with E-state index >= 15 is 0 Å². The van der Waals surface area contributed by atoms with Gasteiger partial charge in [-0.15, -0.1) is 0 Å². The summed E-state index contributed by atoms with van der Waals surface area (Å²) in [5, 5.41) is 5.98. The second kappa shape index (κ2) is 7.74. The van der Waals surface area contributed by atoms with E-state index < -0.39 is 0 Å². The van der Waals surface area contributed by atoms with E-state index in [1.54, 1.807) is 13.2 Å². The normalized spacial score (nSPS) is 16.6. The highest BCUT2D eigenvalue weighted by molar-refractivity contribution is 5.93. The molecule has 1 amide bonds. The lowest BCUT2D eigenvalue weighted by Crippen LogP contribution is -2.32. The standard InChI is InChI=1S/C17H20N4O3/c1-23-15-7-3-2-6-13(15)21-16-9-14(19-11-20-16)17(22)18-10-12-5-4-8-24-12/h2-3,6-7,9,11-12H,4-5,8,10H2,1H3,(H,18,22)(H,19,20,21). The highest BCUT2D eigenvalue weighted by Gasteiger charge is 2.17. The van der Waals surface area contributed by atoms with Crippen molar-refractivity contribution in [2.24, 2.45) is 0 Å². The van der Waals surface area contributed by atoms with Crippen LogP contribution in [-0.4, -0.2) is 42.2 Å². The fraction of sp³-hybridized carbons (Fsp3) is 0.353. The van der Waals surface area contributed by atoms with Crippen molar-refractivity contribution < 1.29 is 14.3 Å². The summed E-state index contributed by atoms with van der Waals surface area (Å²) in [7, 11) is 1.60. The number of carbonyl (C=O) groups excluding carboxylic acids is 1. The number of rotatable bonds is 6. The number of nitrogens with zero attached hydrogens (tertiary/aromatic N) is 2. The van der Waals surface area contributed by atoms with Crippen molar-refractivity contribution in [3.05, 3.63) is 42.4 Å². The molecule has 0 bridgehead atoms. The Bertz CT molecular complexity index is 702. The zero-order valence-corrected chi connectivity index (χ0v) is 13.5. The fourth-order valence-corrected chi connectivity index (χ4v) is 2.54. The molecule has 24 heavy (non-hydrogen) atoms. The second-order valence-electron chi connectivity index (χ2n) is 5.46. The largest absolute Gasteiger partial charge is 0.495 e. The molecule has 1 aliphatic heterocycles. The van der Waals surface area contributed by atoms with Crippen molar-refractivity contribution in [3.63, 3.8) is 0 Å². The van der Waals surface area contributed by atoms with E-state index in [0.29, 0.717) is 23.8 Å². The number of nitrogens with one attached hydrogen (secondary N) is 2. The minimum absolute atomic E-state index is 0.0990. The van der Waals surface area contributed by atoms with Crippen LogP contribution in [0.5, 0.6) is 5.75 Å². The van der Waals surface area contributed by atoms with E-state index in [-0.39, 0.29) is 12.0 Å². The van der Waals surface area contributed by atoms with Gasteiger partial charge < -0.3 is 20.1 Å². The first-order chi connectivity index (χ1) is 11.8. The van der Waals surface area contributed by atoms with Crippen LogP contribution in [0.3, 0.4) is 0 Å². The Morgan fingerprint density at radius 3 is 3.04 bits per heavy atom. The van der Waals surface area contributed by atoms with Gasteiger partial charge in [-0.1, -0.05) is 12.1 Å². The molecular weight excluding hydrogens is 308 g/mol. The number of carbonyl (C=O) groups is 1. The lowest BCUT2D eigenvalue weighted by molar-refractivity contribution is 0.0853. The summed E-state index contributed by atoms with van der Waals surface area (Å²) < 4.78 is 10.8. The van der Waals surface area contributed by atoms with Gasteiger partial charge in [0, 0.05) is 19.2 Å². The van der Waals surface area contributed by atoms with E-state index in [0.717, 1.165) is 25.1 Å². The molecule has 0 aliphatic carbocycles. The Kier molecular flexibility index (Phi) is 5.22. The molecule has 126 valence electrons. The molecule has 2 N–H and O–H groups in total. The molecule has 1 unspecified atom stereocenters. The third-order valence-corrected chi connectivity index (χ3v) is 3.78. The van der Waals surface area contributed by atoms with Crippen molar-refractivity contribution in [2.75, 3.05) is 25.6 Å². The Morgan fingerprint density at radius 2 is 2.25 bits per heavy atom. The van der Waals surface area contributed by atoms with Crippen molar-refractivity contribution in [1.29, 1.82) is 0 Å². The number of ether oxygens (including phenoxy) is 2. The number of benzene rings is 1. The average Bonchev–Trinajstić information content (AvgIpc) is 3.14. The molecule has 1 aliphatic rings. The Balaban J connectivity index is 1.65. The van der Waals surface area contributed by atoms with Crippen LogP contribution in [-0.2, 0) is 4.74 Å². The lowest BCUT2D eigenvalue weighted by atomic mass is 10.2. The summed E-state index contributed by atoms with van der Waals surface area (Å²) >= 11 is 0. The summed E-state index contributed by atoms with van der Waals surface area (Å²) in [6.45, 7) is 1.26. The predicted octanol–water partition coefficient (Wildman–Crippen LogP) is 2.14. The van der Waals surface area contributed by atoms with Gasteiger partial charge in [0.25, 0.3) is 5.91 Å². The molecule has 7 heteroatoms. The fourth-order valence-electron chi connectivity index (χ4n) is 2.54. The van der Waals surface area contributed by atoms with Gasteiger partial charge in [0.05, 0.1) is 18.9 Å². The number of amides is 1. The summed E-state index contributed by atoms with van der Waals surface area (Å²) in [6, 6.07) is 9.10. The molecule has 1 aromatic heterocycles. The molecule has 1 atom stereocenters. The van der Waals surface area contributed by atoms with E-state index in [2.05, 4.69) is 20.6 Å². The number of para-hydroxylation sites is 2. The maximum absolute atomic E-state index is 12.2. The van der Waals surface area contributed by atoms with Crippen LogP contribution in [0.25, 0.3) is 0 Å². The molecule has 7 nitrogen and oxygen atoms in total. The molecule has 3 rings (SSSR count). The number of anilines is 2. The average molecular weight is 328 g/mol. The van der Waals surface area contributed by atoms with Crippen LogP contribution in [0.4, 0.5) is 11.5 Å². The highest BCUT2D eigenvalue weighted by Crippen LogP contribution is 2.26. The summed E-state index contributed by atoms with van der Waals surface area (Å²) in [5.74, 6) is 0.980. The maximum atomic E-state index is 12.2. The van der Waals surface area contributed by atoms with Gasteiger partial charge in [-0.05, 0) is 25.0 Å². The van der Waals surface area contributed by atoms with Gasteiger partial charge in [-0.2, -0.15) is 0 Å². The second-order valence-corrected chi connectivity index (χ2v) is 5.46. The maximum Gasteiger partial charge on any atom is 0.270 e. The third-order valence-electron chi connectivity index (χ3n) is 3.78.